The van der Waals surface area contributed by atoms with Gasteiger partial charge in [0.15, 0.2) is 0 Å². The van der Waals surface area contributed by atoms with Gasteiger partial charge in [0.2, 0.25) is 0 Å². The summed E-state index contributed by atoms with van der Waals surface area (Å²) in [5.41, 5.74) is 0. The molecule has 0 saturated heterocycles. The van der Waals surface area contributed by atoms with Gasteiger partial charge in [-0.1, -0.05) is 0 Å². The number of hydrogen-bond donors (Lipinski definition) is 1. The second-order valence-corrected chi connectivity index (χ2v) is 1.09. The van der Waals surface area contributed by atoms with Crippen molar-refractivity contribution < 1.29 is 9.90 Å². The Hall–Kier alpha value is 0.0284. The van der Waals surface area contributed by atoms with E-state index in [9.17, 15) is 0 Å². The van der Waals surface area contributed by atoms with E-state index in [-0.39, 0.29) is 0 Å². The Morgan fingerprint density at radius 2 is 2.00 bits per heavy atom. The Labute approximate surface area is 32.3 Å². The molecule has 0 aromatic rings. The first-order valence-corrected chi connectivity index (χ1v) is 1.59. The van der Waals surface area contributed by atoms with Crippen molar-refractivity contribution >= 4 is 21.6 Å². The molecule has 0 atom stereocenters. The van der Waals surface area contributed by atoms with Crippen molar-refractivity contribution in [1.29, 1.82) is 0 Å². The zero-order valence-electron chi connectivity index (χ0n) is 1.80. The first kappa shape index (κ1) is 4.03. The van der Waals surface area contributed by atoms with Crippen LogP contribution >= 0.6 is 0 Å². The summed E-state index contributed by atoms with van der Waals surface area (Å²) < 4.78 is -0.896. The van der Waals surface area contributed by atoms with E-state index in [0.717, 1.165) is 0 Å². The second kappa shape index (κ2) is 1.36. The number of rotatable bonds is 0. The molecule has 0 aromatic carbocycles. The Kier molecular flexibility index (Phi) is 1.37. The van der Waals surface area contributed by atoms with Crippen LogP contribution in [-0.4, -0.2) is 26.7 Å². The van der Waals surface area contributed by atoms with Crippen LogP contribution in [0.1, 0.15) is 0 Å². The van der Waals surface area contributed by atoms with Crippen molar-refractivity contribution in [3.05, 3.63) is 0 Å². The fourth-order valence-electron chi connectivity index (χ4n) is 0. The Morgan fingerprint density at radius 1 is 2.00 bits per heavy atom. The predicted molar refractivity (Wildman–Crippen MR) is 13.8 cm³/mol. The minimum atomic E-state index is -0.896. The van der Waals surface area contributed by atoms with Gasteiger partial charge in [-0.3, -0.25) is 0 Å². The van der Waals surface area contributed by atoms with E-state index >= 15 is 0 Å². The second-order valence-electron chi connectivity index (χ2n) is 0.283. The van der Waals surface area contributed by atoms with E-state index in [4.69, 9.17) is 9.90 Å². The zero-order valence-corrected chi connectivity index (χ0v) is 3.68. The predicted octanol–water partition coefficient (Wildman–Crippen LogP) is -0.167. The topological polar surface area (TPSA) is 37.3 Å². The summed E-state index contributed by atoms with van der Waals surface area (Å²) >= 11 is 1.45. The quantitative estimate of drug-likeness (QED) is 0.450. The Balaban J connectivity index is 2.80. The van der Waals surface area contributed by atoms with E-state index in [2.05, 4.69) is 0 Å². The molecule has 0 unspecified atom stereocenters. The minimum absolute atomic E-state index is 0.896. The van der Waals surface area contributed by atoms with Gasteiger partial charge in [-0.25, -0.2) is 0 Å². The SMILES string of the molecule is O=C(O)[As]. The van der Waals surface area contributed by atoms with Gasteiger partial charge in [0.05, 0.1) is 0 Å². The van der Waals surface area contributed by atoms with Crippen LogP contribution in [0.15, 0.2) is 0 Å². The van der Waals surface area contributed by atoms with Crippen LogP contribution in [0.4, 0.5) is 4.79 Å². The molecule has 0 rings (SSSR count). The molecule has 0 fully saturated rings. The molecular formula is CHAsO2. The molecule has 0 aliphatic rings. The van der Waals surface area contributed by atoms with Crippen molar-refractivity contribution in [1.82, 2.24) is 0 Å². The van der Waals surface area contributed by atoms with Crippen LogP contribution in [0.5, 0.6) is 0 Å². The molecule has 0 amide bonds. The van der Waals surface area contributed by atoms with Crippen LogP contribution in [-0.2, 0) is 0 Å². The number of hydrogen-bond acceptors (Lipinski definition) is 1. The molecule has 22 valence electrons. The summed E-state index contributed by atoms with van der Waals surface area (Å²) in [6.07, 6.45) is 0. The average Bonchev–Trinajstić information content (AvgIpc) is 0.811. The average molecular weight is 120 g/mol. The molecular weight excluding hydrogens is 119 g/mol. The fourth-order valence-corrected chi connectivity index (χ4v) is 0. The first-order valence-electron chi connectivity index (χ1n) is 0.651. The van der Waals surface area contributed by atoms with E-state index in [1.807, 2.05) is 0 Å². The maximum atomic E-state index is 8.97. The Bertz CT molecular complexity index is 29.0. The standard InChI is InChI=1S/CHAsO2/c2-1(3)4/h(H,3,4). The van der Waals surface area contributed by atoms with Crippen LogP contribution in [0, 0.1) is 0 Å². The fraction of sp³-hybridized carbons (Fsp3) is 0. The molecule has 3 heteroatoms. The van der Waals surface area contributed by atoms with Crippen LogP contribution < -0.4 is 0 Å². The third-order valence-corrected chi connectivity index (χ3v) is 0. The van der Waals surface area contributed by atoms with Crippen molar-refractivity contribution in [3.8, 4) is 0 Å². The summed E-state index contributed by atoms with van der Waals surface area (Å²) in [5, 5.41) is 7.39. The molecule has 0 bridgehead atoms. The third kappa shape index (κ3) is 2650. The number of carboxylic acid groups (broad SMARTS) is 1. The van der Waals surface area contributed by atoms with Gasteiger partial charge in [0, 0.05) is 0 Å². The molecule has 0 aromatic heterocycles. The van der Waals surface area contributed by atoms with E-state index in [0.29, 0.717) is 0 Å². The summed E-state index contributed by atoms with van der Waals surface area (Å²) in [5.74, 6) is 0. The van der Waals surface area contributed by atoms with Crippen molar-refractivity contribution in [2.75, 3.05) is 0 Å². The third-order valence-electron chi connectivity index (χ3n) is 0. The van der Waals surface area contributed by atoms with Gasteiger partial charge in [-0.05, 0) is 0 Å². The summed E-state index contributed by atoms with van der Waals surface area (Å²) in [4.78, 5) is 8.97. The molecule has 2 radical (unpaired) electrons. The molecule has 4 heavy (non-hydrogen) atoms. The first-order chi connectivity index (χ1) is 1.73. The van der Waals surface area contributed by atoms with Gasteiger partial charge in [0.1, 0.15) is 0 Å². The van der Waals surface area contributed by atoms with Crippen molar-refractivity contribution in [2.24, 2.45) is 0 Å². The Morgan fingerprint density at radius 3 is 2.00 bits per heavy atom. The van der Waals surface area contributed by atoms with Crippen LogP contribution in [0.25, 0.3) is 0 Å². The van der Waals surface area contributed by atoms with Gasteiger partial charge in [-0.2, -0.15) is 0 Å². The summed E-state index contributed by atoms with van der Waals surface area (Å²) in [6, 6.07) is 0. The van der Waals surface area contributed by atoms with Gasteiger partial charge < -0.3 is 0 Å². The molecule has 0 aliphatic heterocycles. The van der Waals surface area contributed by atoms with Crippen LogP contribution in [0.2, 0.25) is 0 Å². The molecule has 0 saturated carbocycles. The summed E-state index contributed by atoms with van der Waals surface area (Å²) in [7, 11) is 0. The monoisotopic (exact) mass is 120 g/mol. The van der Waals surface area contributed by atoms with Crippen molar-refractivity contribution in [2.45, 2.75) is 0 Å². The van der Waals surface area contributed by atoms with Gasteiger partial charge in [-0.15, -0.1) is 0 Å². The summed E-state index contributed by atoms with van der Waals surface area (Å²) in [6.45, 7) is 0. The van der Waals surface area contributed by atoms with E-state index in [1.165, 1.54) is 16.9 Å². The number of carbonyl (C=O) groups is 1. The molecule has 0 heterocycles. The molecule has 0 spiro atoms. The zero-order chi connectivity index (χ0) is 3.58. The van der Waals surface area contributed by atoms with Gasteiger partial charge >= 0.3 is 31.5 Å². The maximum absolute atomic E-state index is 8.97. The van der Waals surface area contributed by atoms with Gasteiger partial charge in [0.25, 0.3) is 0 Å². The molecule has 0 aliphatic carbocycles. The molecule has 1 N–H and O–H groups in total. The van der Waals surface area contributed by atoms with E-state index < -0.39 is 4.76 Å². The van der Waals surface area contributed by atoms with Crippen molar-refractivity contribution in [3.63, 3.8) is 0 Å². The molecule has 2 nitrogen and oxygen atoms in total. The normalized spacial score (nSPS) is 6.25. The van der Waals surface area contributed by atoms with Crippen LogP contribution in [0.3, 0.4) is 0 Å². The van der Waals surface area contributed by atoms with E-state index in [1.54, 1.807) is 0 Å².